The van der Waals surface area contributed by atoms with Crippen molar-refractivity contribution in [3.05, 3.63) is 29.8 Å². The van der Waals surface area contributed by atoms with Gasteiger partial charge in [-0.05, 0) is 42.7 Å². The fourth-order valence-corrected chi connectivity index (χ4v) is 4.56. The number of nitrogens with one attached hydrogen (secondary N) is 1. The van der Waals surface area contributed by atoms with Gasteiger partial charge in [-0.15, -0.1) is 0 Å². The van der Waals surface area contributed by atoms with Crippen molar-refractivity contribution in [3.8, 4) is 0 Å². The Balaban J connectivity index is 1.55. The van der Waals surface area contributed by atoms with E-state index in [1.54, 1.807) is 4.90 Å². The maximum absolute atomic E-state index is 12.9. The summed E-state index contributed by atoms with van der Waals surface area (Å²) in [6.45, 7) is 10.2. The Labute approximate surface area is 186 Å². The highest BCUT2D eigenvalue weighted by atomic mass is 16.2. The van der Waals surface area contributed by atoms with Crippen LogP contribution in [0.1, 0.15) is 71.3 Å². The zero-order valence-electron chi connectivity index (χ0n) is 19.4. The molecule has 0 saturated carbocycles. The van der Waals surface area contributed by atoms with Crippen molar-refractivity contribution in [2.75, 3.05) is 24.5 Å². The van der Waals surface area contributed by atoms with Crippen LogP contribution in [0.25, 0.3) is 0 Å². The molecule has 0 aromatic heterocycles. The average molecular weight is 428 g/mol. The summed E-state index contributed by atoms with van der Waals surface area (Å²) in [6, 6.07) is 8.11. The molecule has 3 rings (SSSR count). The molecule has 2 aliphatic heterocycles. The maximum Gasteiger partial charge on any atom is 0.227 e. The number of hydrogen-bond donors (Lipinski definition) is 1. The lowest BCUT2D eigenvalue weighted by Gasteiger charge is -2.33. The van der Waals surface area contributed by atoms with Crippen LogP contribution in [0.3, 0.4) is 0 Å². The summed E-state index contributed by atoms with van der Waals surface area (Å²) in [5.41, 5.74) is 2.10. The van der Waals surface area contributed by atoms with Gasteiger partial charge in [0, 0.05) is 44.2 Å². The molecule has 2 heterocycles. The molecule has 31 heavy (non-hydrogen) atoms. The number of likely N-dealkylation sites (tertiary alicyclic amines) is 1. The smallest absolute Gasteiger partial charge is 0.227 e. The summed E-state index contributed by atoms with van der Waals surface area (Å²) in [7, 11) is 0. The van der Waals surface area contributed by atoms with Crippen LogP contribution in [0.15, 0.2) is 24.3 Å². The Kier molecular flexibility index (Phi) is 7.74. The summed E-state index contributed by atoms with van der Waals surface area (Å²) < 4.78 is 0. The van der Waals surface area contributed by atoms with Gasteiger partial charge < -0.3 is 15.1 Å². The van der Waals surface area contributed by atoms with Gasteiger partial charge in [0.15, 0.2) is 0 Å². The summed E-state index contributed by atoms with van der Waals surface area (Å²) >= 11 is 0. The van der Waals surface area contributed by atoms with Crippen LogP contribution in [0.5, 0.6) is 0 Å². The molecule has 2 atom stereocenters. The van der Waals surface area contributed by atoms with E-state index in [0.717, 1.165) is 30.5 Å². The van der Waals surface area contributed by atoms with Crippen molar-refractivity contribution in [2.24, 2.45) is 11.8 Å². The molecule has 0 radical (unpaired) electrons. The van der Waals surface area contributed by atoms with Crippen LogP contribution in [0, 0.1) is 11.8 Å². The SMILES string of the molecule is CCC(C)c1ccccc1N1CC(C(=O)NC2CCN(C(=O)CC(C)C)CC2)CC1=O. The first-order valence-corrected chi connectivity index (χ1v) is 11.8. The number of rotatable bonds is 7. The van der Waals surface area contributed by atoms with Crippen LogP contribution in [0.2, 0.25) is 0 Å². The normalized spacial score (nSPS) is 20.9. The van der Waals surface area contributed by atoms with Crippen LogP contribution in [0.4, 0.5) is 5.69 Å². The second-order valence-corrected chi connectivity index (χ2v) is 9.54. The van der Waals surface area contributed by atoms with Crippen molar-refractivity contribution in [2.45, 2.75) is 71.8 Å². The molecule has 0 bridgehead atoms. The van der Waals surface area contributed by atoms with Gasteiger partial charge in [-0.25, -0.2) is 0 Å². The zero-order chi connectivity index (χ0) is 22.5. The van der Waals surface area contributed by atoms with E-state index in [1.165, 1.54) is 0 Å². The molecule has 3 amide bonds. The molecule has 170 valence electrons. The van der Waals surface area contributed by atoms with Gasteiger partial charge in [0.25, 0.3) is 0 Å². The number of benzene rings is 1. The molecule has 1 N–H and O–H groups in total. The van der Waals surface area contributed by atoms with Crippen LogP contribution >= 0.6 is 0 Å². The van der Waals surface area contributed by atoms with E-state index in [9.17, 15) is 14.4 Å². The Hall–Kier alpha value is -2.37. The van der Waals surface area contributed by atoms with E-state index in [4.69, 9.17) is 0 Å². The van der Waals surface area contributed by atoms with Crippen molar-refractivity contribution in [1.29, 1.82) is 0 Å². The van der Waals surface area contributed by atoms with E-state index in [0.29, 0.717) is 37.9 Å². The molecule has 1 aromatic rings. The molecule has 2 fully saturated rings. The minimum Gasteiger partial charge on any atom is -0.353 e. The summed E-state index contributed by atoms with van der Waals surface area (Å²) in [4.78, 5) is 41.6. The van der Waals surface area contributed by atoms with Gasteiger partial charge in [-0.2, -0.15) is 0 Å². The lowest BCUT2D eigenvalue weighted by molar-refractivity contribution is -0.133. The second kappa shape index (κ2) is 10.3. The summed E-state index contributed by atoms with van der Waals surface area (Å²) in [5.74, 6) is 0.586. The topological polar surface area (TPSA) is 69.7 Å². The number of piperidine rings is 1. The van der Waals surface area contributed by atoms with Gasteiger partial charge in [0.05, 0.1) is 5.92 Å². The first kappa shape index (κ1) is 23.3. The number of carbonyl (C=O) groups excluding carboxylic acids is 3. The predicted octanol–water partition coefficient (Wildman–Crippen LogP) is 3.71. The van der Waals surface area contributed by atoms with Crippen molar-refractivity contribution in [3.63, 3.8) is 0 Å². The number of nitrogens with zero attached hydrogens (tertiary/aromatic N) is 2. The number of anilines is 1. The molecule has 0 spiro atoms. The second-order valence-electron chi connectivity index (χ2n) is 9.54. The first-order valence-electron chi connectivity index (χ1n) is 11.8. The van der Waals surface area contributed by atoms with E-state index in [1.807, 2.05) is 23.1 Å². The molecule has 6 nitrogen and oxygen atoms in total. The molecule has 2 aliphatic rings. The molecule has 2 saturated heterocycles. The van der Waals surface area contributed by atoms with Gasteiger partial charge in [0.2, 0.25) is 17.7 Å². The van der Waals surface area contributed by atoms with Gasteiger partial charge in [-0.3, -0.25) is 14.4 Å². The minimum atomic E-state index is -0.321. The third kappa shape index (κ3) is 5.66. The Bertz CT molecular complexity index is 799. The molecule has 1 aromatic carbocycles. The van der Waals surface area contributed by atoms with Crippen LogP contribution < -0.4 is 10.2 Å². The van der Waals surface area contributed by atoms with E-state index < -0.39 is 0 Å². The van der Waals surface area contributed by atoms with Crippen molar-refractivity contribution >= 4 is 23.4 Å². The molecule has 2 unspecified atom stereocenters. The highest BCUT2D eigenvalue weighted by Crippen LogP contribution is 2.33. The third-order valence-corrected chi connectivity index (χ3v) is 6.64. The number of hydrogen-bond acceptors (Lipinski definition) is 3. The standard InChI is InChI=1S/C25H37N3O3/c1-5-18(4)21-8-6-7-9-22(21)28-16-19(15-24(28)30)25(31)26-20-10-12-27(13-11-20)23(29)14-17(2)3/h6-9,17-20H,5,10-16H2,1-4H3,(H,26,31). The predicted molar refractivity (Wildman–Crippen MR) is 123 cm³/mol. The molecule has 0 aliphatic carbocycles. The first-order chi connectivity index (χ1) is 14.8. The quantitative estimate of drug-likeness (QED) is 0.721. The van der Waals surface area contributed by atoms with Crippen molar-refractivity contribution in [1.82, 2.24) is 10.2 Å². The number of amides is 3. The monoisotopic (exact) mass is 427 g/mol. The van der Waals surface area contributed by atoms with Crippen LogP contribution in [-0.2, 0) is 14.4 Å². The highest BCUT2D eigenvalue weighted by molar-refractivity contribution is 6.01. The van der Waals surface area contributed by atoms with Gasteiger partial charge in [-0.1, -0.05) is 45.9 Å². The Morgan fingerprint density at radius 1 is 1.13 bits per heavy atom. The lowest BCUT2D eigenvalue weighted by atomic mass is 9.96. The van der Waals surface area contributed by atoms with Gasteiger partial charge >= 0.3 is 0 Å². The maximum atomic E-state index is 12.9. The minimum absolute atomic E-state index is 0.0185. The van der Waals surface area contributed by atoms with E-state index in [2.05, 4.69) is 39.1 Å². The van der Waals surface area contributed by atoms with E-state index >= 15 is 0 Å². The fraction of sp³-hybridized carbons (Fsp3) is 0.640. The zero-order valence-corrected chi connectivity index (χ0v) is 19.4. The number of carbonyl (C=O) groups is 3. The van der Waals surface area contributed by atoms with Gasteiger partial charge in [0.1, 0.15) is 0 Å². The summed E-state index contributed by atoms with van der Waals surface area (Å²) in [6.07, 6.45) is 3.39. The number of para-hydroxylation sites is 1. The third-order valence-electron chi connectivity index (χ3n) is 6.64. The fourth-order valence-electron chi connectivity index (χ4n) is 4.56. The Morgan fingerprint density at radius 2 is 1.81 bits per heavy atom. The Morgan fingerprint density at radius 3 is 2.45 bits per heavy atom. The van der Waals surface area contributed by atoms with E-state index in [-0.39, 0.29) is 36.1 Å². The van der Waals surface area contributed by atoms with Crippen LogP contribution in [-0.4, -0.2) is 48.3 Å². The molecule has 6 heteroatoms. The highest BCUT2D eigenvalue weighted by Gasteiger charge is 2.37. The summed E-state index contributed by atoms with van der Waals surface area (Å²) in [5, 5.41) is 3.15. The average Bonchev–Trinajstić information content (AvgIpc) is 3.14. The lowest BCUT2D eigenvalue weighted by Crippen LogP contribution is -2.48. The molecular formula is C25H37N3O3. The molecular weight excluding hydrogens is 390 g/mol. The largest absolute Gasteiger partial charge is 0.353 e. The van der Waals surface area contributed by atoms with Crippen molar-refractivity contribution < 1.29 is 14.4 Å².